The summed E-state index contributed by atoms with van der Waals surface area (Å²) in [5, 5.41) is 1.10. The number of sulfone groups is 1. The van der Waals surface area contributed by atoms with Gasteiger partial charge >= 0.3 is 0 Å². The number of amides is 1. The number of hydrogen-bond acceptors (Lipinski definition) is 3. The van der Waals surface area contributed by atoms with Gasteiger partial charge in [-0.25, -0.2) is 8.42 Å². The van der Waals surface area contributed by atoms with Crippen LogP contribution in [0.2, 0.25) is 0 Å². The Morgan fingerprint density at radius 1 is 1.10 bits per heavy atom. The highest BCUT2D eigenvalue weighted by molar-refractivity contribution is 7.91. The molecule has 0 unspecified atom stereocenters. The van der Waals surface area contributed by atoms with Gasteiger partial charge in [0.25, 0.3) is 0 Å². The normalized spacial score (nSPS) is 18.3. The molecular weight excluding hydrogens is 276 g/mol. The van der Waals surface area contributed by atoms with Gasteiger partial charge in [-0.2, -0.15) is 0 Å². The number of hydrogen-bond donors (Lipinski definition) is 0. The van der Waals surface area contributed by atoms with Crippen molar-refractivity contribution < 1.29 is 13.2 Å². The van der Waals surface area contributed by atoms with Gasteiger partial charge in [-0.05, 0) is 17.5 Å². The van der Waals surface area contributed by atoms with Crippen LogP contribution in [-0.4, -0.2) is 48.4 Å². The molecule has 1 aromatic heterocycles. The molecule has 20 heavy (non-hydrogen) atoms. The third-order valence-corrected chi connectivity index (χ3v) is 5.29. The third kappa shape index (κ3) is 2.56. The molecule has 1 aliphatic rings. The van der Waals surface area contributed by atoms with Crippen LogP contribution >= 0.6 is 0 Å². The van der Waals surface area contributed by atoms with Crippen LogP contribution < -0.4 is 0 Å². The Labute approximate surface area is 117 Å². The lowest BCUT2D eigenvalue weighted by Gasteiger charge is -2.27. The lowest BCUT2D eigenvalue weighted by Crippen LogP contribution is -2.44. The van der Waals surface area contributed by atoms with Gasteiger partial charge < -0.3 is 9.47 Å². The number of aromatic nitrogens is 1. The summed E-state index contributed by atoms with van der Waals surface area (Å²) in [4.78, 5) is 13.9. The molecule has 1 saturated heterocycles. The van der Waals surface area contributed by atoms with Gasteiger partial charge in [-0.3, -0.25) is 4.79 Å². The first-order chi connectivity index (χ1) is 9.55. The van der Waals surface area contributed by atoms with Crippen molar-refractivity contribution in [1.29, 1.82) is 0 Å². The van der Waals surface area contributed by atoms with Crippen molar-refractivity contribution >= 4 is 26.6 Å². The molecule has 0 aliphatic carbocycles. The van der Waals surface area contributed by atoms with Crippen molar-refractivity contribution in [3.63, 3.8) is 0 Å². The summed E-state index contributed by atoms with van der Waals surface area (Å²) in [5.41, 5.74) is 1.02. The molecule has 3 rings (SSSR count). The molecule has 0 N–H and O–H groups in total. The van der Waals surface area contributed by atoms with Crippen LogP contribution in [0.4, 0.5) is 0 Å². The standard InChI is InChI=1S/C14H16N2O3S/c17-14(15-7-9-20(18,19)10-8-15)11-16-6-5-12-3-1-2-4-13(12)16/h1-6H,7-11H2. The number of carbonyl (C=O) groups is 1. The average molecular weight is 292 g/mol. The topological polar surface area (TPSA) is 59.4 Å². The zero-order valence-corrected chi connectivity index (χ0v) is 11.8. The highest BCUT2D eigenvalue weighted by Gasteiger charge is 2.25. The van der Waals surface area contributed by atoms with Gasteiger partial charge in [0.2, 0.25) is 5.91 Å². The number of para-hydroxylation sites is 1. The molecular formula is C14H16N2O3S. The van der Waals surface area contributed by atoms with Gasteiger partial charge in [0.15, 0.2) is 9.84 Å². The molecule has 1 fully saturated rings. The fourth-order valence-electron chi connectivity index (χ4n) is 2.49. The summed E-state index contributed by atoms with van der Waals surface area (Å²) in [7, 11) is -2.95. The van der Waals surface area contributed by atoms with E-state index in [1.165, 1.54) is 0 Å². The summed E-state index contributed by atoms with van der Waals surface area (Å²) in [6.07, 6.45) is 1.89. The molecule has 106 valence electrons. The first-order valence-electron chi connectivity index (χ1n) is 6.57. The minimum Gasteiger partial charge on any atom is -0.339 e. The molecule has 0 atom stereocenters. The molecule has 0 radical (unpaired) electrons. The van der Waals surface area contributed by atoms with E-state index < -0.39 is 9.84 Å². The minimum absolute atomic E-state index is 0.0266. The van der Waals surface area contributed by atoms with E-state index in [9.17, 15) is 13.2 Å². The van der Waals surface area contributed by atoms with Crippen molar-refractivity contribution in [2.24, 2.45) is 0 Å². The Bertz CT molecular complexity index is 735. The maximum Gasteiger partial charge on any atom is 0.242 e. The van der Waals surface area contributed by atoms with Crippen LogP contribution in [0.1, 0.15) is 0 Å². The Balaban J connectivity index is 1.73. The first-order valence-corrected chi connectivity index (χ1v) is 8.39. The lowest BCUT2D eigenvalue weighted by molar-refractivity contribution is -0.131. The van der Waals surface area contributed by atoms with E-state index in [-0.39, 0.29) is 24.0 Å². The highest BCUT2D eigenvalue weighted by Crippen LogP contribution is 2.15. The largest absolute Gasteiger partial charge is 0.339 e. The fraction of sp³-hybridized carbons (Fsp3) is 0.357. The Kier molecular flexibility index (Phi) is 3.25. The van der Waals surface area contributed by atoms with Gasteiger partial charge in [0, 0.05) is 24.8 Å². The Hall–Kier alpha value is -1.82. The number of nitrogens with zero attached hydrogens (tertiary/aromatic N) is 2. The molecule has 5 nitrogen and oxygen atoms in total. The lowest BCUT2D eigenvalue weighted by atomic mass is 10.2. The molecule has 2 aromatic rings. The van der Waals surface area contributed by atoms with E-state index in [1.807, 2.05) is 41.1 Å². The molecule has 1 aromatic carbocycles. The quantitative estimate of drug-likeness (QED) is 0.826. The smallest absolute Gasteiger partial charge is 0.242 e. The molecule has 1 amide bonds. The minimum atomic E-state index is -2.95. The van der Waals surface area contributed by atoms with Crippen LogP contribution in [-0.2, 0) is 21.2 Å². The molecule has 0 bridgehead atoms. The predicted molar refractivity (Wildman–Crippen MR) is 77.2 cm³/mol. The number of fused-ring (bicyclic) bond motifs is 1. The van der Waals surface area contributed by atoms with Crippen molar-refractivity contribution in [3.05, 3.63) is 36.5 Å². The second-order valence-corrected chi connectivity index (χ2v) is 7.34. The van der Waals surface area contributed by atoms with E-state index in [4.69, 9.17) is 0 Å². The van der Waals surface area contributed by atoms with Crippen LogP contribution in [0.3, 0.4) is 0 Å². The third-order valence-electron chi connectivity index (χ3n) is 3.68. The van der Waals surface area contributed by atoms with Crippen LogP contribution in [0.15, 0.2) is 36.5 Å². The highest BCUT2D eigenvalue weighted by atomic mass is 32.2. The second kappa shape index (κ2) is 4.94. The van der Waals surface area contributed by atoms with Gasteiger partial charge in [0.05, 0.1) is 11.5 Å². The zero-order valence-electron chi connectivity index (χ0n) is 11.0. The van der Waals surface area contributed by atoms with Crippen molar-refractivity contribution in [2.75, 3.05) is 24.6 Å². The predicted octanol–water partition coefficient (Wildman–Crippen LogP) is 0.898. The van der Waals surface area contributed by atoms with Crippen LogP contribution in [0.25, 0.3) is 10.9 Å². The maximum absolute atomic E-state index is 12.2. The molecule has 1 aliphatic heterocycles. The fourth-order valence-corrected chi connectivity index (χ4v) is 3.69. The first kappa shape index (κ1) is 13.2. The molecule has 6 heteroatoms. The molecule has 2 heterocycles. The summed E-state index contributed by atoms with van der Waals surface area (Å²) < 4.78 is 24.6. The van der Waals surface area contributed by atoms with E-state index in [2.05, 4.69) is 0 Å². The van der Waals surface area contributed by atoms with E-state index in [0.717, 1.165) is 10.9 Å². The molecule has 0 saturated carbocycles. The van der Waals surface area contributed by atoms with Crippen molar-refractivity contribution in [1.82, 2.24) is 9.47 Å². The summed E-state index contributed by atoms with van der Waals surface area (Å²) >= 11 is 0. The van der Waals surface area contributed by atoms with Gasteiger partial charge in [-0.15, -0.1) is 0 Å². The Morgan fingerprint density at radius 2 is 1.80 bits per heavy atom. The van der Waals surface area contributed by atoms with Crippen LogP contribution in [0, 0.1) is 0 Å². The zero-order chi connectivity index (χ0) is 14.2. The van der Waals surface area contributed by atoms with E-state index in [0.29, 0.717) is 13.1 Å². The SMILES string of the molecule is O=C(Cn1ccc2ccccc21)N1CCS(=O)(=O)CC1. The maximum atomic E-state index is 12.2. The number of rotatable bonds is 2. The average Bonchev–Trinajstić information content (AvgIpc) is 2.82. The van der Waals surface area contributed by atoms with E-state index >= 15 is 0 Å². The van der Waals surface area contributed by atoms with Gasteiger partial charge in [0.1, 0.15) is 6.54 Å². The van der Waals surface area contributed by atoms with E-state index in [1.54, 1.807) is 4.90 Å². The summed E-state index contributed by atoms with van der Waals surface area (Å²) in [6, 6.07) is 9.86. The number of benzene rings is 1. The van der Waals surface area contributed by atoms with Crippen LogP contribution in [0.5, 0.6) is 0 Å². The van der Waals surface area contributed by atoms with Gasteiger partial charge in [-0.1, -0.05) is 18.2 Å². The van der Waals surface area contributed by atoms with Crippen molar-refractivity contribution in [3.8, 4) is 0 Å². The van der Waals surface area contributed by atoms with Crippen molar-refractivity contribution in [2.45, 2.75) is 6.54 Å². The number of carbonyl (C=O) groups excluding carboxylic acids is 1. The Morgan fingerprint density at radius 3 is 2.55 bits per heavy atom. The molecule has 0 spiro atoms. The monoisotopic (exact) mass is 292 g/mol. The second-order valence-electron chi connectivity index (χ2n) is 5.04. The summed E-state index contributed by atoms with van der Waals surface area (Å²) in [5.74, 6) is 0.123. The summed E-state index contributed by atoms with van der Waals surface area (Å²) in [6.45, 7) is 0.869.